The van der Waals surface area contributed by atoms with Crippen molar-refractivity contribution in [1.82, 2.24) is 30.4 Å². The highest BCUT2D eigenvalue weighted by molar-refractivity contribution is 5.91. The lowest BCUT2D eigenvalue weighted by Crippen LogP contribution is -2.46. The van der Waals surface area contributed by atoms with Gasteiger partial charge in [-0.15, -0.1) is 5.10 Å². The molecule has 0 bridgehead atoms. The van der Waals surface area contributed by atoms with Crippen LogP contribution in [0.5, 0.6) is 0 Å². The fourth-order valence-electron chi connectivity index (χ4n) is 5.38. The molecule has 1 aliphatic carbocycles. The number of benzene rings is 1. The van der Waals surface area contributed by atoms with Crippen molar-refractivity contribution in [2.75, 3.05) is 19.6 Å². The van der Waals surface area contributed by atoms with Crippen molar-refractivity contribution in [3.05, 3.63) is 41.5 Å². The summed E-state index contributed by atoms with van der Waals surface area (Å²) >= 11 is 0. The van der Waals surface area contributed by atoms with Gasteiger partial charge in [0, 0.05) is 31.3 Å². The maximum atomic E-state index is 13.9. The van der Waals surface area contributed by atoms with Gasteiger partial charge >= 0.3 is 6.18 Å². The minimum absolute atomic E-state index is 0.0655. The van der Waals surface area contributed by atoms with Crippen LogP contribution in [0.3, 0.4) is 0 Å². The molecule has 1 aromatic heterocycles. The third-order valence-corrected chi connectivity index (χ3v) is 7.36. The minimum atomic E-state index is -4.64. The molecule has 1 saturated carbocycles. The van der Waals surface area contributed by atoms with E-state index in [2.05, 4.69) is 25.9 Å². The first-order chi connectivity index (χ1) is 19.0. The molecule has 2 heterocycles. The number of halogens is 5. The number of carbonyl (C=O) groups excluding carboxylic acids is 1. The standard InChI is InChI=1S/C25H34F5N9O/c26-24(27)11-5-12-38(15-24)13-10-17(14-20(35-31)36-32)33-23(40)21-34-22(16-6-1-2-7-16)39(37-21)19-9-4-3-8-18(19)25(28,29)30/h3-4,8-9,16-17H,1-2,5-7,10-15,31-32H2,(H,33,40)(H,35,36). The Balaban J connectivity index is 1.59. The van der Waals surface area contributed by atoms with Gasteiger partial charge in [0.05, 0.1) is 17.8 Å². The fourth-order valence-corrected chi connectivity index (χ4v) is 5.38. The van der Waals surface area contributed by atoms with Crippen molar-refractivity contribution in [2.45, 2.75) is 75.4 Å². The van der Waals surface area contributed by atoms with E-state index in [1.54, 1.807) is 4.90 Å². The molecular formula is C25H34F5N9O. The predicted molar refractivity (Wildman–Crippen MR) is 138 cm³/mol. The Bertz CT molecular complexity index is 1190. The van der Waals surface area contributed by atoms with Crippen molar-refractivity contribution in [1.29, 1.82) is 0 Å². The van der Waals surface area contributed by atoms with Gasteiger partial charge in [0.25, 0.3) is 11.8 Å². The lowest BCUT2D eigenvalue weighted by molar-refractivity contribution is -0.137. The number of amides is 1. The molecule has 1 aliphatic heterocycles. The molecule has 1 unspecified atom stereocenters. The van der Waals surface area contributed by atoms with Crippen molar-refractivity contribution in [3.63, 3.8) is 0 Å². The van der Waals surface area contributed by atoms with Gasteiger partial charge in [-0.2, -0.15) is 18.3 Å². The average molecular weight is 572 g/mol. The van der Waals surface area contributed by atoms with E-state index in [9.17, 15) is 26.7 Å². The number of hydrogen-bond donors (Lipinski definition) is 4. The van der Waals surface area contributed by atoms with E-state index >= 15 is 0 Å². The number of amidine groups is 1. The van der Waals surface area contributed by atoms with E-state index < -0.39 is 29.6 Å². The summed E-state index contributed by atoms with van der Waals surface area (Å²) in [4.78, 5) is 19.4. The van der Waals surface area contributed by atoms with Gasteiger partial charge in [0.2, 0.25) is 5.82 Å². The predicted octanol–water partition coefficient (Wildman–Crippen LogP) is 3.29. The number of nitrogens with zero attached hydrogens (tertiary/aromatic N) is 5. The number of hydrogen-bond acceptors (Lipinski definition) is 7. The Morgan fingerprint density at radius 2 is 1.93 bits per heavy atom. The highest BCUT2D eigenvalue weighted by atomic mass is 19.4. The zero-order valence-electron chi connectivity index (χ0n) is 21.9. The zero-order chi connectivity index (χ0) is 28.9. The van der Waals surface area contributed by atoms with E-state index in [-0.39, 0.29) is 55.6 Å². The maximum absolute atomic E-state index is 13.9. The summed E-state index contributed by atoms with van der Waals surface area (Å²) in [6.07, 6.45) is -0.900. The Labute approximate surface area is 228 Å². The second-order valence-electron chi connectivity index (χ2n) is 10.3. The summed E-state index contributed by atoms with van der Waals surface area (Å²) in [5.74, 6) is 7.33. The quantitative estimate of drug-likeness (QED) is 0.119. The lowest BCUT2D eigenvalue weighted by Gasteiger charge is -2.33. The highest BCUT2D eigenvalue weighted by Crippen LogP contribution is 2.38. The topological polar surface area (TPSA) is 139 Å². The molecule has 15 heteroatoms. The minimum Gasteiger partial charge on any atom is -0.346 e. The summed E-state index contributed by atoms with van der Waals surface area (Å²) in [5, 5.41) is 10.5. The van der Waals surface area contributed by atoms with Crippen molar-refractivity contribution >= 4 is 11.7 Å². The van der Waals surface area contributed by atoms with Crippen molar-refractivity contribution in [2.24, 2.45) is 16.8 Å². The highest BCUT2D eigenvalue weighted by Gasteiger charge is 2.37. The van der Waals surface area contributed by atoms with Gasteiger partial charge in [0.1, 0.15) is 11.7 Å². The van der Waals surface area contributed by atoms with Gasteiger partial charge in [-0.1, -0.05) is 25.0 Å². The van der Waals surface area contributed by atoms with Crippen LogP contribution in [-0.2, 0) is 6.18 Å². The van der Waals surface area contributed by atoms with Crippen LogP contribution in [0.1, 0.15) is 79.3 Å². The molecule has 1 amide bonds. The number of carbonyl (C=O) groups is 1. The molecule has 10 nitrogen and oxygen atoms in total. The Kier molecular flexibility index (Phi) is 9.23. The summed E-state index contributed by atoms with van der Waals surface area (Å²) in [6, 6.07) is 4.37. The summed E-state index contributed by atoms with van der Waals surface area (Å²) < 4.78 is 70.4. The van der Waals surface area contributed by atoms with Gasteiger partial charge in [-0.25, -0.2) is 24.3 Å². The molecule has 220 valence electrons. The van der Waals surface area contributed by atoms with E-state index in [0.717, 1.165) is 36.4 Å². The Morgan fingerprint density at radius 1 is 1.20 bits per heavy atom. The normalized spacial score (nSPS) is 19.5. The Hall–Kier alpha value is -3.33. The first-order valence-corrected chi connectivity index (χ1v) is 13.3. The van der Waals surface area contributed by atoms with E-state index in [4.69, 9.17) is 11.7 Å². The van der Waals surface area contributed by atoms with Gasteiger partial charge in [0.15, 0.2) is 0 Å². The van der Waals surface area contributed by atoms with E-state index in [0.29, 0.717) is 18.8 Å². The molecule has 0 spiro atoms. The summed E-state index contributed by atoms with van der Waals surface area (Å²) in [5.41, 5.74) is 1.24. The van der Waals surface area contributed by atoms with Crippen LogP contribution in [0, 0.1) is 0 Å². The van der Waals surface area contributed by atoms with E-state index in [1.807, 2.05) is 0 Å². The van der Waals surface area contributed by atoms with Gasteiger partial charge in [-0.3, -0.25) is 9.69 Å². The average Bonchev–Trinajstić information content (AvgIpc) is 3.59. The number of nitrogens with two attached hydrogens (primary N) is 2. The van der Waals surface area contributed by atoms with Gasteiger partial charge in [-0.05, 0) is 44.4 Å². The molecule has 2 aromatic rings. The largest absolute Gasteiger partial charge is 0.418 e. The first kappa shape index (κ1) is 29.6. The van der Waals surface area contributed by atoms with E-state index in [1.165, 1.54) is 18.2 Å². The summed E-state index contributed by atoms with van der Waals surface area (Å²) in [7, 11) is 0. The second-order valence-corrected chi connectivity index (χ2v) is 10.3. The molecule has 1 aromatic carbocycles. The second kappa shape index (κ2) is 12.5. The summed E-state index contributed by atoms with van der Waals surface area (Å²) in [6.45, 7) is 0.381. The third kappa shape index (κ3) is 7.24. The molecular weight excluding hydrogens is 537 g/mol. The Morgan fingerprint density at radius 3 is 2.58 bits per heavy atom. The molecule has 6 N–H and O–H groups in total. The molecule has 1 saturated heterocycles. The molecule has 4 rings (SSSR count). The smallest absolute Gasteiger partial charge is 0.346 e. The van der Waals surface area contributed by atoms with Crippen LogP contribution in [0.25, 0.3) is 5.69 Å². The van der Waals surface area contributed by atoms with Crippen LogP contribution < -0.4 is 22.4 Å². The molecule has 2 fully saturated rings. The van der Waals surface area contributed by atoms with Crippen LogP contribution in [0.15, 0.2) is 29.4 Å². The molecule has 1 atom stereocenters. The first-order valence-electron chi connectivity index (χ1n) is 13.3. The van der Waals surface area contributed by atoms with Crippen LogP contribution in [0.2, 0.25) is 0 Å². The fraction of sp³-hybridized carbons (Fsp3) is 0.600. The molecule has 2 aliphatic rings. The molecule has 40 heavy (non-hydrogen) atoms. The number of aromatic nitrogens is 3. The maximum Gasteiger partial charge on any atom is 0.418 e. The number of nitrogens with one attached hydrogen (secondary N) is 2. The number of alkyl halides is 5. The SMILES string of the molecule is N/N=C(/CC(CCN1CCCC(F)(F)C1)NC(=O)c1nc(C2CCCC2)n(-c2ccccc2C(F)(F)F)n1)NN. The third-order valence-electron chi connectivity index (χ3n) is 7.36. The van der Waals surface area contributed by atoms with Crippen LogP contribution in [-0.4, -0.2) is 63.0 Å². The van der Waals surface area contributed by atoms with Crippen molar-refractivity contribution in [3.8, 4) is 5.69 Å². The number of hydrazone groups is 1. The van der Waals surface area contributed by atoms with Crippen molar-refractivity contribution < 1.29 is 26.7 Å². The molecule has 0 radical (unpaired) electrons. The number of piperidine rings is 1. The van der Waals surface area contributed by atoms with Gasteiger partial charge < -0.3 is 16.6 Å². The lowest BCUT2D eigenvalue weighted by atomic mass is 10.0. The number of para-hydroxylation sites is 1. The number of likely N-dealkylation sites (tertiary alicyclic amines) is 1. The zero-order valence-corrected chi connectivity index (χ0v) is 21.9. The van der Waals surface area contributed by atoms with Crippen LogP contribution in [0.4, 0.5) is 22.0 Å². The number of rotatable bonds is 9. The van der Waals surface area contributed by atoms with Crippen LogP contribution >= 0.6 is 0 Å². The monoisotopic (exact) mass is 571 g/mol. The number of hydrazine groups is 1.